The lowest BCUT2D eigenvalue weighted by molar-refractivity contribution is -0.120. The van der Waals surface area contributed by atoms with Gasteiger partial charge in [0.05, 0.1) is 18.4 Å². The van der Waals surface area contributed by atoms with Crippen LogP contribution in [0.25, 0.3) is 0 Å². The topological polar surface area (TPSA) is 46.9 Å². The van der Waals surface area contributed by atoms with Crippen LogP contribution < -0.4 is 5.32 Å². The molecule has 0 aliphatic heterocycles. The molecule has 0 saturated heterocycles. The summed E-state index contributed by atoms with van der Waals surface area (Å²) in [5.41, 5.74) is 0.796. The zero-order chi connectivity index (χ0) is 11.3. The van der Waals surface area contributed by atoms with Crippen molar-refractivity contribution >= 4 is 17.5 Å². The quantitative estimate of drug-likeness (QED) is 0.834. The normalized spacial score (nSPS) is 10.3. The van der Waals surface area contributed by atoms with Crippen LogP contribution >= 0.6 is 11.6 Å². The van der Waals surface area contributed by atoms with Crippen molar-refractivity contribution in [3.05, 3.63) is 17.2 Å². The highest BCUT2D eigenvalue weighted by Gasteiger charge is 2.11. The van der Waals surface area contributed by atoms with E-state index in [1.54, 1.807) is 13.4 Å². The van der Waals surface area contributed by atoms with Crippen LogP contribution in [0.4, 0.5) is 0 Å². The zero-order valence-corrected chi connectivity index (χ0v) is 9.84. The number of hydrogen-bond donors (Lipinski definition) is 1. The largest absolute Gasteiger partial charge is 0.359 e. The highest BCUT2D eigenvalue weighted by atomic mass is 35.5. The monoisotopic (exact) mass is 229 g/mol. The number of halogens is 1. The summed E-state index contributed by atoms with van der Waals surface area (Å²) >= 11 is 5.91. The third kappa shape index (κ3) is 3.23. The fraction of sp³-hybridized carbons (Fsp3) is 0.600. The lowest BCUT2D eigenvalue weighted by Crippen LogP contribution is -2.21. The summed E-state index contributed by atoms with van der Waals surface area (Å²) in [6.45, 7) is 2.99. The van der Waals surface area contributed by atoms with Crippen molar-refractivity contribution in [1.29, 1.82) is 0 Å². The molecule has 1 aromatic rings. The maximum Gasteiger partial charge on any atom is 0.225 e. The summed E-state index contributed by atoms with van der Waals surface area (Å²) in [7, 11) is 1.61. The van der Waals surface area contributed by atoms with Gasteiger partial charge in [-0.2, -0.15) is 0 Å². The van der Waals surface area contributed by atoms with Gasteiger partial charge >= 0.3 is 0 Å². The van der Waals surface area contributed by atoms with Crippen LogP contribution in [0.1, 0.15) is 25.5 Å². The van der Waals surface area contributed by atoms with Gasteiger partial charge in [-0.3, -0.25) is 4.79 Å². The van der Waals surface area contributed by atoms with Crippen molar-refractivity contribution in [2.24, 2.45) is 0 Å². The van der Waals surface area contributed by atoms with Gasteiger partial charge in [-0.25, -0.2) is 4.98 Å². The van der Waals surface area contributed by atoms with Gasteiger partial charge in [0.1, 0.15) is 0 Å². The minimum atomic E-state index is -0.0462. The number of hydrogen-bond acceptors (Lipinski definition) is 2. The molecule has 1 N–H and O–H groups in total. The Morgan fingerprint density at radius 3 is 3.00 bits per heavy atom. The van der Waals surface area contributed by atoms with E-state index in [1.165, 1.54) is 0 Å². The van der Waals surface area contributed by atoms with Crippen LogP contribution in [0.3, 0.4) is 0 Å². The zero-order valence-electron chi connectivity index (χ0n) is 9.09. The molecule has 0 bridgehead atoms. The fourth-order valence-corrected chi connectivity index (χ4v) is 1.54. The first-order valence-corrected chi connectivity index (χ1v) is 5.47. The lowest BCUT2D eigenvalue weighted by Gasteiger charge is -2.06. The minimum absolute atomic E-state index is 0.0462. The van der Waals surface area contributed by atoms with E-state index in [9.17, 15) is 4.79 Å². The van der Waals surface area contributed by atoms with Crippen LogP contribution in [0.2, 0.25) is 5.15 Å². The van der Waals surface area contributed by atoms with Crippen molar-refractivity contribution < 1.29 is 4.79 Å². The second kappa shape index (κ2) is 5.75. The molecule has 0 atom stereocenters. The first kappa shape index (κ1) is 12.0. The molecule has 15 heavy (non-hydrogen) atoms. The van der Waals surface area contributed by atoms with E-state index in [4.69, 9.17) is 11.6 Å². The molecule has 0 aliphatic carbocycles. The van der Waals surface area contributed by atoms with Gasteiger partial charge in [-0.1, -0.05) is 24.9 Å². The van der Waals surface area contributed by atoms with Crippen LogP contribution in [0.15, 0.2) is 6.33 Å². The van der Waals surface area contributed by atoms with Gasteiger partial charge in [0.25, 0.3) is 0 Å². The molecule has 1 rings (SSSR count). The number of nitrogens with one attached hydrogen (secondary N) is 1. The number of rotatable bonds is 5. The Morgan fingerprint density at radius 2 is 2.40 bits per heavy atom. The standard InChI is InChI=1S/C10H16ClN3O/c1-3-4-5-14-7-13-10(11)8(14)6-9(15)12-2/h7H,3-6H2,1-2H3,(H,12,15). The Hall–Kier alpha value is -1.03. The number of imidazole rings is 1. The van der Waals surface area contributed by atoms with E-state index >= 15 is 0 Å². The Morgan fingerprint density at radius 1 is 1.67 bits per heavy atom. The van der Waals surface area contributed by atoms with E-state index in [0.29, 0.717) is 11.6 Å². The van der Waals surface area contributed by atoms with Crippen molar-refractivity contribution in [3.63, 3.8) is 0 Å². The van der Waals surface area contributed by atoms with Gasteiger partial charge in [0.15, 0.2) is 5.15 Å². The van der Waals surface area contributed by atoms with Gasteiger partial charge in [-0.05, 0) is 6.42 Å². The van der Waals surface area contributed by atoms with E-state index in [0.717, 1.165) is 25.1 Å². The molecule has 1 aromatic heterocycles. The first-order chi connectivity index (χ1) is 7.19. The molecule has 4 nitrogen and oxygen atoms in total. The molecule has 0 saturated carbocycles. The third-order valence-corrected chi connectivity index (χ3v) is 2.57. The summed E-state index contributed by atoms with van der Waals surface area (Å²) in [6, 6.07) is 0. The number of amides is 1. The Kier molecular flexibility index (Phi) is 4.62. The predicted octanol–water partition coefficient (Wildman–Crippen LogP) is 1.63. The van der Waals surface area contributed by atoms with E-state index in [1.807, 2.05) is 4.57 Å². The summed E-state index contributed by atoms with van der Waals surface area (Å²) in [5.74, 6) is -0.0462. The van der Waals surface area contributed by atoms with Crippen LogP contribution in [0.5, 0.6) is 0 Å². The molecule has 0 spiro atoms. The third-order valence-electron chi connectivity index (χ3n) is 2.25. The molecule has 84 valence electrons. The van der Waals surface area contributed by atoms with E-state index in [-0.39, 0.29) is 5.91 Å². The SMILES string of the molecule is CCCCn1cnc(Cl)c1CC(=O)NC. The van der Waals surface area contributed by atoms with Crippen molar-refractivity contribution in [2.75, 3.05) is 7.05 Å². The number of likely N-dealkylation sites (N-methyl/N-ethyl adjacent to an activating group) is 1. The van der Waals surface area contributed by atoms with Crippen LogP contribution in [-0.2, 0) is 17.8 Å². The second-order valence-corrected chi connectivity index (χ2v) is 3.74. The van der Waals surface area contributed by atoms with Gasteiger partial charge in [0, 0.05) is 13.6 Å². The van der Waals surface area contributed by atoms with E-state index in [2.05, 4.69) is 17.2 Å². The number of unbranched alkanes of at least 4 members (excludes halogenated alkanes) is 1. The molecule has 5 heteroatoms. The summed E-state index contributed by atoms with van der Waals surface area (Å²) in [6.07, 6.45) is 4.15. The van der Waals surface area contributed by atoms with Gasteiger partial charge in [0.2, 0.25) is 5.91 Å². The van der Waals surface area contributed by atoms with Crippen molar-refractivity contribution in [1.82, 2.24) is 14.9 Å². The molecule has 1 heterocycles. The Bertz CT molecular complexity index is 335. The molecule has 0 fully saturated rings. The molecule has 1 amide bonds. The molecular weight excluding hydrogens is 214 g/mol. The van der Waals surface area contributed by atoms with Gasteiger partial charge in [-0.15, -0.1) is 0 Å². The average Bonchev–Trinajstić information content (AvgIpc) is 2.57. The minimum Gasteiger partial charge on any atom is -0.359 e. The number of aromatic nitrogens is 2. The van der Waals surface area contributed by atoms with E-state index < -0.39 is 0 Å². The average molecular weight is 230 g/mol. The number of aryl methyl sites for hydroxylation is 1. The fourth-order valence-electron chi connectivity index (χ4n) is 1.32. The smallest absolute Gasteiger partial charge is 0.225 e. The Balaban J connectivity index is 2.74. The summed E-state index contributed by atoms with van der Waals surface area (Å²) in [5, 5.41) is 3.00. The molecular formula is C10H16ClN3O. The number of carbonyl (C=O) groups excluding carboxylic acids is 1. The molecule has 0 aliphatic rings. The Labute approximate surface area is 94.6 Å². The van der Waals surface area contributed by atoms with Crippen LogP contribution in [-0.4, -0.2) is 22.5 Å². The van der Waals surface area contributed by atoms with Crippen LogP contribution in [0, 0.1) is 0 Å². The molecule has 0 unspecified atom stereocenters. The number of nitrogens with zero attached hydrogens (tertiary/aromatic N) is 2. The highest BCUT2D eigenvalue weighted by molar-refractivity contribution is 6.30. The maximum atomic E-state index is 11.2. The maximum absolute atomic E-state index is 11.2. The van der Waals surface area contributed by atoms with Crippen molar-refractivity contribution in [2.45, 2.75) is 32.7 Å². The first-order valence-electron chi connectivity index (χ1n) is 5.09. The summed E-state index contributed by atoms with van der Waals surface area (Å²) in [4.78, 5) is 15.3. The number of carbonyl (C=O) groups is 1. The second-order valence-electron chi connectivity index (χ2n) is 3.38. The van der Waals surface area contributed by atoms with Gasteiger partial charge < -0.3 is 9.88 Å². The molecule has 0 aromatic carbocycles. The lowest BCUT2D eigenvalue weighted by atomic mass is 10.3. The molecule has 0 radical (unpaired) electrons. The predicted molar refractivity (Wildman–Crippen MR) is 59.9 cm³/mol. The highest BCUT2D eigenvalue weighted by Crippen LogP contribution is 2.15. The van der Waals surface area contributed by atoms with Crippen molar-refractivity contribution in [3.8, 4) is 0 Å². The summed E-state index contributed by atoms with van der Waals surface area (Å²) < 4.78 is 1.95.